The Bertz CT molecular complexity index is 1290. The molecule has 0 aliphatic heterocycles. The number of hydrogen-bond donors (Lipinski definition) is 0. The van der Waals surface area contributed by atoms with Crippen LogP contribution >= 0.6 is 22.7 Å². The van der Waals surface area contributed by atoms with Gasteiger partial charge >= 0.3 is 0 Å². The smallest absolute Gasteiger partial charge is 0.0785 e. The molecule has 2 aromatic heterocycles. The molecule has 5 aromatic rings. The van der Waals surface area contributed by atoms with Crippen molar-refractivity contribution in [2.24, 2.45) is 0 Å². The van der Waals surface area contributed by atoms with Crippen molar-refractivity contribution in [2.75, 3.05) is 0 Å². The third-order valence-corrected chi connectivity index (χ3v) is 6.45. The molecule has 5 rings (SSSR count). The number of benzene rings is 3. The van der Waals surface area contributed by atoms with Crippen molar-refractivity contribution in [3.05, 3.63) is 82.0 Å². The molecule has 3 aromatic carbocycles. The number of hydrogen-bond acceptors (Lipinski definition) is 2. The highest BCUT2D eigenvalue weighted by Crippen LogP contribution is 2.37. The van der Waals surface area contributed by atoms with Crippen LogP contribution in [0, 0.1) is 18.8 Å². The Balaban J connectivity index is 1.70. The lowest BCUT2D eigenvalue weighted by atomic mass is 10.0. The van der Waals surface area contributed by atoms with Gasteiger partial charge in [0.1, 0.15) is 0 Å². The lowest BCUT2D eigenvalue weighted by Crippen LogP contribution is -1.74. The van der Waals surface area contributed by atoms with Gasteiger partial charge in [0.05, 0.1) is 4.88 Å². The van der Waals surface area contributed by atoms with Crippen LogP contribution in [0.4, 0.5) is 0 Å². The van der Waals surface area contributed by atoms with E-state index in [0.717, 1.165) is 10.4 Å². The first-order valence-electron chi connectivity index (χ1n) is 8.20. The van der Waals surface area contributed by atoms with Gasteiger partial charge in [-0.05, 0) is 54.1 Å². The Hall–Kier alpha value is -2.60. The molecule has 2 heterocycles. The maximum atomic E-state index is 3.33. The molecule has 0 aliphatic carbocycles. The van der Waals surface area contributed by atoms with Crippen LogP contribution in [-0.4, -0.2) is 0 Å². The fourth-order valence-electron chi connectivity index (χ4n) is 3.29. The van der Waals surface area contributed by atoms with Gasteiger partial charge in [0.15, 0.2) is 0 Å². The first kappa shape index (κ1) is 14.7. The molecule has 0 atom stereocenters. The molecular formula is C23H14S2. The highest BCUT2D eigenvalue weighted by molar-refractivity contribution is 7.20. The van der Waals surface area contributed by atoms with Gasteiger partial charge in [-0.25, -0.2) is 0 Å². The summed E-state index contributed by atoms with van der Waals surface area (Å²) >= 11 is 3.63. The van der Waals surface area contributed by atoms with Gasteiger partial charge in [-0.15, -0.1) is 22.7 Å². The van der Waals surface area contributed by atoms with E-state index in [2.05, 4.69) is 55.2 Å². The SMILES string of the molecule is Cc1cc2c(ccc3c4cc(C#Cc5ccccc5)sc4ccc23)s1. The van der Waals surface area contributed by atoms with E-state index in [-0.39, 0.29) is 0 Å². The Labute approximate surface area is 154 Å². The van der Waals surface area contributed by atoms with E-state index >= 15 is 0 Å². The molecule has 0 aliphatic rings. The van der Waals surface area contributed by atoms with Crippen LogP contribution in [0.15, 0.2) is 66.7 Å². The summed E-state index contributed by atoms with van der Waals surface area (Å²) < 4.78 is 2.67. The van der Waals surface area contributed by atoms with Crippen LogP contribution in [0.5, 0.6) is 0 Å². The Morgan fingerprint density at radius 2 is 1.32 bits per heavy atom. The van der Waals surface area contributed by atoms with Crippen molar-refractivity contribution in [1.82, 2.24) is 0 Å². The molecule has 0 saturated carbocycles. The summed E-state index contributed by atoms with van der Waals surface area (Å²) in [6.45, 7) is 2.18. The molecule has 0 radical (unpaired) electrons. The van der Waals surface area contributed by atoms with Gasteiger partial charge in [-0.1, -0.05) is 42.2 Å². The predicted octanol–water partition coefficient (Wildman–Crippen LogP) is 6.98. The minimum atomic E-state index is 1.06. The zero-order valence-corrected chi connectivity index (χ0v) is 15.3. The second kappa shape index (κ2) is 5.74. The highest BCUT2D eigenvalue weighted by Gasteiger charge is 2.09. The normalized spacial score (nSPS) is 11.1. The summed E-state index contributed by atoms with van der Waals surface area (Å²) in [5.41, 5.74) is 1.06. The van der Waals surface area contributed by atoms with Crippen molar-refractivity contribution in [2.45, 2.75) is 6.92 Å². The molecule has 0 spiro atoms. The molecule has 0 amide bonds. The van der Waals surface area contributed by atoms with E-state index < -0.39 is 0 Å². The minimum absolute atomic E-state index is 1.06. The molecule has 0 N–H and O–H groups in total. The second-order valence-electron chi connectivity index (χ2n) is 6.13. The van der Waals surface area contributed by atoms with E-state index in [4.69, 9.17) is 0 Å². The largest absolute Gasteiger partial charge is 0.141 e. The minimum Gasteiger partial charge on any atom is -0.141 e. The molecule has 25 heavy (non-hydrogen) atoms. The van der Waals surface area contributed by atoms with E-state index in [1.165, 1.54) is 35.8 Å². The van der Waals surface area contributed by atoms with Crippen molar-refractivity contribution in [1.29, 1.82) is 0 Å². The van der Waals surface area contributed by atoms with Crippen LogP contribution in [0.2, 0.25) is 0 Å². The zero-order chi connectivity index (χ0) is 16.8. The molecule has 0 unspecified atom stereocenters. The average molecular weight is 354 g/mol. The van der Waals surface area contributed by atoms with Crippen LogP contribution in [0.3, 0.4) is 0 Å². The van der Waals surface area contributed by atoms with E-state index in [0.29, 0.717) is 0 Å². The molecule has 118 valence electrons. The molecule has 0 fully saturated rings. The van der Waals surface area contributed by atoms with Crippen LogP contribution < -0.4 is 0 Å². The van der Waals surface area contributed by atoms with Gasteiger partial charge in [0.25, 0.3) is 0 Å². The predicted molar refractivity (Wildman–Crippen MR) is 112 cm³/mol. The van der Waals surface area contributed by atoms with Crippen LogP contribution in [-0.2, 0) is 0 Å². The lowest BCUT2D eigenvalue weighted by molar-refractivity contribution is 1.65. The standard InChI is InChI=1S/C23H14S2/c1-15-13-20-18-10-12-23-21(19(18)9-11-22(20)24-15)14-17(25-23)8-7-16-5-3-2-4-6-16/h2-6,9-14H,1H3. The third-order valence-electron chi connectivity index (χ3n) is 4.42. The van der Waals surface area contributed by atoms with Crippen molar-refractivity contribution in [3.8, 4) is 11.8 Å². The van der Waals surface area contributed by atoms with Gasteiger partial charge in [0.2, 0.25) is 0 Å². The Kier molecular flexibility index (Phi) is 3.38. The molecule has 0 saturated heterocycles. The fourth-order valence-corrected chi connectivity index (χ4v) is 5.16. The molecule has 0 nitrogen and oxygen atoms in total. The molecular weight excluding hydrogens is 340 g/mol. The van der Waals surface area contributed by atoms with Crippen molar-refractivity contribution in [3.63, 3.8) is 0 Å². The summed E-state index contributed by atoms with van der Waals surface area (Å²) in [5, 5.41) is 5.34. The summed E-state index contributed by atoms with van der Waals surface area (Å²) in [5.74, 6) is 6.59. The highest BCUT2D eigenvalue weighted by atomic mass is 32.1. The number of aryl methyl sites for hydroxylation is 1. The van der Waals surface area contributed by atoms with E-state index in [1.54, 1.807) is 11.3 Å². The molecule has 0 bridgehead atoms. The first-order chi connectivity index (χ1) is 12.3. The van der Waals surface area contributed by atoms with Gasteiger partial charge in [-0.3, -0.25) is 0 Å². The fraction of sp³-hybridized carbons (Fsp3) is 0.0435. The topological polar surface area (TPSA) is 0 Å². The monoisotopic (exact) mass is 354 g/mol. The van der Waals surface area contributed by atoms with Gasteiger partial charge < -0.3 is 0 Å². The first-order valence-corrected chi connectivity index (χ1v) is 9.84. The summed E-state index contributed by atoms with van der Waals surface area (Å²) in [6, 6.07) is 23.7. The number of rotatable bonds is 0. The third kappa shape index (κ3) is 2.53. The quantitative estimate of drug-likeness (QED) is 0.263. The van der Waals surface area contributed by atoms with Crippen molar-refractivity contribution < 1.29 is 0 Å². The zero-order valence-electron chi connectivity index (χ0n) is 13.7. The Morgan fingerprint density at radius 1 is 0.640 bits per heavy atom. The van der Waals surface area contributed by atoms with Gasteiger partial charge in [0, 0.05) is 30.6 Å². The van der Waals surface area contributed by atoms with E-state index in [9.17, 15) is 0 Å². The molecule has 2 heteroatoms. The number of thiophene rings is 2. The summed E-state index contributed by atoms with van der Waals surface area (Å²) in [7, 11) is 0. The average Bonchev–Trinajstić information content (AvgIpc) is 3.22. The summed E-state index contributed by atoms with van der Waals surface area (Å²) in [6.07, 6.45) is 0. The maximum absolute atomic E-state index is 3.33. The lowest BCUT2D eigenvalue weighted by Gasteiger charge is -2.01. The van der Waals surface area contributed by atoms with Crippen LogP contribution in [0.25, 0.3) is 30.9 Å². The van der Waals surface area contributed by atoms with Crippen molar-refractivity contribution >= 4 is 53.6 Å². The van der Waals surface area contributed by atoms with Crippen LogP contribution in [0.1, 0.15) is 15.3 Å². The number of fused-ring (bicyclic) bond motifs is 5. The van der Waals surface area contributed by atoms with Gasteiger partial charge in [-0.2, -0.15) is 0 Å². The Morgan fingerprint density at radius 3 is 2.08 bits per heavy atom. The van der Waals surface area contributed by atoms with E-state index in [1.807, 2.05) is 41.7 Å². The summed E-state index contributed by atoms with van der Waals surface area (Å²) in [4.78, 5) is 2.48. The second-order valence-corrected chi connectivity index (χ2v) is 8.51. The maximum Gasteiger partial charge on any atom is 0.0785 e.